The van der Waals surface area contributed by atoms with Gasteiger partial charge in [0, 0.05) is 19.0 Å². The summed E-state index contributed by atoms with van der Waals surface area (Å²) in [6, 6.07) is 0. The zero-order chi connectivity index (χ0) is 7.97. The number of hydrogen-bond donors (Lipinski definition) is 0. The fraction of sp³-hybridized carbons (Fsp3) is 0.222. The molecular weight excluding hydrogens is 150 g/mol. The van der Waals surface area contributed by atoms with Crippen molar-refractivity contribution in [2.24, 2.45) is 4.99 Å². The van der Waals surface area contributed by atoms with Gasteiger partial charge in [0.2, 0.25) is 0 Å². The van der Waals surface area contributed by atoms with E-state index in [1.54, 1.807) is 0 Å². The lowest BCUT2D eigenvalue weighted by atomic mass is 10.4. The normalized spacial score (nSPS) is 24.0. The van der Waals surface area contributed by atoms with E-state index in [1.165, 1.54) is 11.5 Å². The molecule has 0 atom stereocenters. The number of nitrogens with zero attached hydrogens (tertiary/aromatic N) is 3. The molecule has 12 heavy (non-hydrogen) atoms. The monoisotopic (exact) mass is 159 g/mol. The lowest BCUT2D eigenvalue weighted by molar-refractivity contribution is 0.380. The molecule has 3 heterocycles. The molecule has 3 heteroatoms. The van der Waals surface area contributed by atoms with E-state index >= 15 is 0 Å². The molecule has 0 radical (unpaired) electrons. The minimum Gasteiger partial charge on any atom is -0.322 e. The van der Waals surface area contributed by atoms with Crippen molar-refractivity contribution in [3.8, 4) is 0 Å². The maximum Gasteiger partial charge on any atom is 0.116 e. The largest absolute Gasteiger partial charge is 0.322 e. The fourth-order valence-electron chi connectivity index (χ4n) is 1.75. The van der Waals surface area contributed by atoms with Crippen LogP contribution in [0.2, 0.25) is 0 Å². The number of fused-ring (bicyclic) bond motifs is 3. The minimum atomic E-state index is 0.764. The van der Waals surface area contributed by atoms with E-state index in [4.69, 9.17) is 0 Å². The van der Waals surface area contributed by atoms with Crippen LogP contribution in [0.1, 0.15) is 0 Å². The number of aliphatic imine (C=N–C) groups is 1. The van der Waals surface area contributed by atoms with Crippen molar-refractivity contribution in [2.45, 2.75) is 0 Å². The standard InChI is InChI=1S/C9H9N3/c1-2-8-6-11-7-10-4-3-9(11)12(8)5-1/h1-4,6H,5,7H2. The average molecular weight is 159 g/mol. The van der Waals surface area contributed by atoms with Crippen molar-refractivity contribution in [3.63, 3.8) is 0 Å². The van der Waals surface area contributed by atoms with E-state index in [-0.39, 0.29) is 0 Å². The molecule has 0 spiro atoms. The van der Waals surface area contributed by atoms with Crippen molar-refractivity contribution in [1.82, 2.24) is 9.80 Å². The van der Waals surface area contributed by atoms with Crippen LogP contribution in [-0.2, 0) is 0 Å². The summed E-state index contributed by atoms with van der Waals surface area (Å²) < 4.78 is 0. The van der Waals surface area contributed by atoms with Gasteiger partial charge in [-0.25, -0.2) is 0 Å². The molecule has 0 aromatic rings. The second-order valence-electron chi connectivity index (χ2n) is 3.03. The first kappa shape index (κ1) is 6.06. The van der Waals surface area contributed by atoms with E-state index in [2.05, 4.69) is 39.2 Å². The van der Waals surface area contributed by atoms with Gasteiger partial charge >= 0.3 is 0 Å². The molecule has 0 unspecified atom stereocenters. The van der Waals surface area contributed by atoms with Gasteiger partial charge in [-0.2, -0.15) is 0 Å². The van der Waals surface area contributed by atoms with Crippen LogP contribution < -0.4 is 0 Å². The van der Waals surface area contributed by atoms with Gasteiger partial charge in [0.05, 0.1) is 5.70 Å². The molecule has 0 fully saturated rings. The van der Waals surface area contributed by atoms with Gasteiger partial charge in [-0.1, -0.05) is 6.08 Å². The number of allylic oxidation sites excluding steroid dienone is 2. The second kappa shape index (κ2) is 2.00. The maximum atomic E-state index is 4.18. The second-order valence-corrected chi connectivity index (χ2v) is 3.03. The molecule has 0 saturated carbocycles. The van der Waals surface area contributed by atoms with Gasteiger partial charge in [0.1, 0.15) is 12.5 Å². The molecule has 3 aliphatic heterocycles. The Morgan fingerprint density at radius 3 is 3.42 bits per heavy atom. The Morgan fingerprint density at radius 1 is 1.42 bits per heavy atom. The molecule has 0 N–H and O–H groups in total. The predicted molar refractivity (Wildman–Crippen MR) is 47.2 cm³/mol. The van der Waals surface area contributed by atoms with E-state index < -0.39 is 0 Å². The summed E-state index contributed by atoms with van der Waals surface area (Å²) in [7, 11) is 0. The summed E-state index contributed by atoms with van der Waals surface area (Å²) in [4.78, 5) is 8.62. The molecule has 3 aliphatic rings. The molecular formula is C9H9N3. The lowest BCUT2D eigenvalue weighted by Crippen LogP contribution is -2.25. The highest BCUT2D eigenvalue weighted by Crippen LogP contribution is 2.30. The Bertz CT molecular complexity index is 336. The molecule has 60 valence electrons. The molecule has 3 rings (SSSR count). The first-order valence-corrected chi connectivity index (χ1v) is 4.08. The molecule has 0 bridgehead atoms. The van der Waals surface area contributed by atoms with Crippen molar-refractivity contribution < 1.29 is 0 Å². The Morgan fingerprint density at radius 2 is 2.42 bits per heavy atom. The zero-order valence-corrected chi connectivity index (χ0v) is 6.64. The van der Waals surface area contributed by atoms with E-state index in [0.717, 1.165) is 13.2 Å². The summed E-state index contributed by atoms with van der Waals surface area (Å²) in [5.74, 6) is 1.25. The van der Waals surface area contributed by atoms with E-state index in [1.807, 2.05) is 6.21 Å². The third-order valence-electron chi connectivity index (χ3n) is 2.31. The highest BCUT2D eigenvalue weighted by Gasteiger charge is 2.27. The molecule has 0 saturated heterocycles. The van der Waals surface area contributed by atoms with Crippen LogP contribution >= 0.6 is 0 Å². The van der Waals surface area contributed by atoms with Crippen LogP contribution in [0.25, 0.3) is 0 Å². The van der Waals surface area contributed by atoms with Crippen molar-refractivity contribution in [2.75, 3.05) is 13.2 Å². The Labute approximate surface area is 71.0 Å². The van der Waals surface area contributed by atoms with Gasteiger partial charge in [-0.15, -0.1) is 0 Å². The molecule has 3 nitrogen and oxygen atoms in total. The van der Waals surface area contributed by atoms with E-state index in [9.17, 15) is 0 Å². The van der Waals surface area contributed by atoms with Crippen molar-refractivity contribution in [3.05, 3.63) is 35.9 Å². The van der Waals surface area contributed by atoms with Crippen LogP contribution in [-0.4, -0.2) is 29.2 Å². The predicted octanol–water partition coefficient (Wildman–Crippen LogP) is 0.898. The highest BCUT2D eigenvalue weighted by atomic mass is 15.4. The average Bonchev–Trinajstić information content (AvgIpc) is 2.62. The topological polar surface area (TPSA) is 18.8 Å². The maximum absolute atomic E-state index is 4.18. The Balaban J connectivity index is 2.06. The summed E-state index contributed by atoms with van der Waals surface area (Å²) >= 11 is 0. The van der Waals surface area contributed by atoms with Crippen LogP contribution in [0.5, 0.6) is 0 Å². The van der Waals surface area contributed by atoms with Crippen LogP contribution in [0.15, 0.2) is 40.9 Å². The molecule has 0 aromatic heterocycles. The quantitative estimate of drug-likeness (QED) is 0.523. The summed E-state index contributed by atoms with van der Waals surface area (Å²) in [5, 5.41) is 0. The third kappa shape index (κ3) is 0.630. The van der Waals surface area contributed by atoms with Crippen LogP contribution in [0, 0.1) is 0 Å². The summed E-state index contributed by atoms with van der Waals surface area (Å²) in [6.45, 7) is 1.77. The SMILES string of the molecule is C1=CC2=CN3CN=CC=C3N2C1. The van der Waals surface area contributed by atoms with Gasteiger partial charge in [-0.3, -0.25) is 4.99 Å². The first-order valence-electron chi connectivity index (χ1n) is 4.08. The van der Waals surface area contributed by atoms with Gasteiger partial charge < -0.3 is 9.80 Å². The van der Waals surface area contributed by atoms with Gasteiger partial charge in [0.25, 0.3) is 0 Å². The zero-order valence-electron chi connectivity index (χ0n) is 6.64. The number of hydrogen-bond acceptors (Lipinski definition) is 3. The fourth-order valence-corrected chi connectivity index (χ4v) is 1.75. The molecule has 0 amide bonds. The van der Waals surface area contributed by atoms with Crippen molar-refractivity contribution in [1.29, 1.82) is 0 Å². The summed E-state index contributed by atoms with van der Waals surface area (Å²) in [6.07, 6.45) is 10.4. The Hall–Kier alpha value is -1.51. The van der Waals surface area contributed by atoms with Crippen LogP contribution in [0.3, 0.4) is 0 Å². The smallest absolute Gasteiger partial charge is 0.116 e. The van der Waals surface area contributed by atoms with Gasteiger partial charge in [0.15, 0.2) is 0 Å². The Kier molecular flexibility index (Phi) is 1.01. The molecule has 0 aliphatic carbocycles. The third-order valence-corrected chi connectivity index (χ3v) is 2.31. The van der Waals surface area contributed by atoms with Crippen LogP contribution in [0.4, 0.5) is 0 Å². The first-order chi connectivity index (χ1) is 5.95. The highest BCUT2D eigenvalue weighted by molar-refractivity contribution is 5.73. The van der Waals surface area contributed by atoms with E-state index in [0.29, 0.717) is 0 Å². The lowest BCUT2D eigenvalue weighted by Gasteiger charge is -2.23. The van der Waals surface area contributed by atoms with Gasteiger partial charge in [-0.05, 0) is 12.2 Å². The number of rotatable bonds is 0. The van der Waals surface area contributed by atoms with Crippen molar-refractivity contribution >= 4 is 6.21 Å². The summed E-state index contributed by atoms with van der Waals surface area (Å²) in [5.41, 5.74) is 1.28. The minimum absolute atomic E-state index is 0.764. The molecule has 0 aromatic carbocycles.